The van der Waals surface area contributed by atoms with Gasteiger partial charge in [-0.25, -0.2) is 4.39 Å². The first-order valence-corrected chi connectivity index (χ1v) is 9.72. The topological polar surface area (TPSA) is 62.2 Å². The molecule has 1 aliphatic carbocycles. The number of rotatable bonds is 6. The van der Waals surface area contributed by atoms with Gasteiger partial charge < -0.3 is 19.7 Å². The number of hydrogen-bond donors (Lipinski definition) is 2. The number of methoxy groups -OCH3 is 1. The molecule has 6 heteroatoms. The molecule has 1 heterocycles. The van der Waals surface area contributed by atoms with Crippen LogP contribution in [0.2, 0.25) is 0 Å². The highest BCUT2D eigenvalue weighted by molar-refractivity contribution is 5.41. The summed E-state index contributed by atoms with van der Waals surface area (Å²) in [7, 11) is 1.52. The molecule has 1 saturated carbocycles. The molecule has 4 atom stereocenters. The van der Waals surface area contributed by atoms with Crippen molar-refractivity contribution in [1.82, 2.24) is 4.90 Å². The molecule has 0 amide bonds. The van der Waals surface area contributed by atoms with Crippen molar-refractivity contribution in [1.29, 1.82) is 0 Å². The predicted octanol–water partition coefficient (Wildman–Crippen LogP) is 3.36. The molecule has 4 rings (SSSR count). The van der Waals surface area contributed by atoms with Crippen LogP contribution in [0.25, 0.3) is 0 Å². The second-order valence-electron chi connectivity index (χ2n) is 7.83. The molecular weight excluding hydrogens is 361 g/mol. The van der Waals surface area contributed by atoms with E-state index in [1.807, 2.05) is 0 Å². The number of aliphatic hydroxyl groups excluding tert-OH is 1. The molecule has 0 spiro atoms. The number of phenols is 1. The van der Waals surface area contributed by atoms with Gasteiger partial charge in [0.15, 0.2) is 17.3 Å². The number of β-amino-alcohol motifs (C(OH)–C–C–N with tert-alkyl or cyclic N) is 1. The van der Waals surface area contributed by atoms with E-state index in [1.165, 1.54) is 13.2 Å². The van der Waals surface area contributed by atoms with Gasteiger partial charge in [0.2, 0.25) is 0 Å². The van der Waals surface area contributed by atoms with Gasteiger partial charge in [-0.05, 0) is 54.5 Å². The van der Waals surface area contributed by atoms with Crippen molar-refractivity contribution in [2.24, 2.45) is 11.8 Å². The van der Waals surface area contributed by atoms with Gasteiger partial charge in [-0.3, -0.25) is 4.90 Å². The van der Waals surface area contributed by atoms with Gasteiger partial charge in [0, 0.05) is 19.6 Å². The number of phenolic OH excluding ortho intramolecular Hbond substituents is 1. The summed E-state index contributed by atoms with van der Waals surface area (Å²) in [6.45, 7) is 2.40. The Labute approximate surface area is 164 Å². The minimum Gasteiger partial charge on any atom is -0.508 e. The molecule has 0 aromatic heterocycles. The molecule has 0 radical (unpaired) electrons. The van der Waals surface area contributed by atoms with Crippen molar-refractivity contribution in [3.63, 3.8) is 0 Å². The summed E-state index contributed by atoms with van der Waals surface area (Å²) in [6, 6.07) is 11.4. The number of nitrogens with zero attached hydrogens (tertiary/aromatic N) is 1. The van der Waals surface area contributed by atoms with Gasteiger partial charge in [0.1, 0.15) is 5.75 Å². The fourth-order valence-electron chi connectivity index (χ4n) is 4.56. The van der Waals surface area contributed by atoms with E-state index in [9.17, 15) is 14.6 Å². The monoisotopic (exact) mass is 387 g/mol. The fraction of sp³-hybridized carbons (Fsp3) is 0.455. The van der Waals surface area contributed by atoms with Crippen LogP contribution in [0.4, 0.5) is 4.39 Å². The zero-order valence-corrected chi connectivity index (χ0v) is 15.9. The molecule has 1 aliphatic heterocycles. The maximum absolute atomic E-state index is 14.1. The van der Waals surface area contributed by atoms with Crippen molar-refractivity contribution in [3.05, 3.63) is 53.8 Å². The Morgan fingerprint density at radius 1 is 1.11 bits per heavy atom. The van der Waals surface area contributed by atoms with Crippen molar-refractivity contribution in [2.45, 2.75) is 25.0 Å². The van der Waals surface area contributed by atoms with Crippen molar-refractivity contribution < 1.29 is 24.1 Å². The molecular formula is C22H26FNO4. The zero-order chi connectivity index (χ0) is 19.7. The van der Waals surface area contributed by atoms with E-state index in [4.69, 9.17) is 9.47 Å². The number of halogens is 1. The third-order valence-electron chi connectivity index (χ3n) is 5.93. The van der Waals surface area contributed by atoms with Crippen LogP contribution in [0.1, 0.15) is 24.5 Å². The average Bonchev–Trinajstić information content (AvgIpc) is 3.21. The van der Waals surface area contributed by atoms with Crippen LogP contribution in [0.3, 0.4) is 0 Å². The smallest absolute Gasteiger partial charge is 0.197 e. The lowest BCUT2D eigenvalue weighted by Crippen LogP contribution is -2.29. The Kier molecular flexibility index (Phi) is 5.42. The molecule has 2 aromatic carbocycles. The highest BCUT2D eigenvalue weighted by Gasteiger charge is 2.42. The van der Waals surface area contributed by atoms with Gasteiger partial charge in [0.25, 0.3) is 0 Å². The zero-order valence-electron chi connectivity index (χ0n) is 15.9. The molecule has 28 heavy (non-hydrogen) atoms. The molecule has 1 saturated heterocycles. The summed E-state index contributed by atoms with van der Waals surface area (Å²) in [5.41, 5.74) is 0.808. The summed E-state index contributed by atoms with van der Waals surface area (Å²) >= 11 is 0. The number of hydrogen-bond acceptors (Lipinski definition) is 5. The lowest BCUT2D eigenvalue weighted by Gasteiger charge is -2.23. The van der Waals surface area contributed by atoms with Crippen LogP contribution in [-0.2, 0) is 0 Å². The highest BCUT2D eigenvalue weighted by atomic mass is 19.1. The summed E-state index contributed by atoms with van der Waals surface area (Å²) in [4.78, 5) is 2.28. The van der Waals surface area contributed by atoms with Crippen molar-refractivity contribution in [3.8, 4) is 17.2 Å². The Balaban J connectivity index is 1.32. The Morgan fingerprint density at radius 2 is 1.79 bits per heavy atom. The number of fused-ring (bicyclic) bond motifs is 1. The SMILES string of the molecule is COc1cccc(F)c1O[C@H]1C[C@@H]2CN(C[C@@H](O)c3ccc(O)cc3)C[C@@H]2C1. The first kappa shape index (κ1) is 19.0. The van der Waals surface area contributed by atoms with Gasteiger partial charge in [-0.2, -0.15) is 0 Å². The lowest BCUT2D eigenvalue weighted by molar-refractivity contribution is 0.115. The second-order valence-corrected chi connectivity index (χ2v) is 7.83. The van der Waals surface area contributed by atoms with E-state index in [0.29, 0.717) is 24.1 Å². The summed E-state index contributed by atoms with van der Waals surface area (Å²) in [6.07, 6.45) is 1.18. The van der Waals surface area contributed by atoms with Crippen LogP contribution in [0.5, 0.6) is 17.2 Å². The highest BCUT2D eigenvalue weighted by Crippen LogP contribution is 2.42. The quantitative estimate of drug-likeness (QED) is 0.796. The molecule has 5 nitrogen and oxygen atoms in total. The number of benzene rings is 2. The maximum Gasteiger partial charge on any atom is 0.197 e. The molecule has 2 fully saturated rings. The predicted molar refractivity (Wildman–Crippen MR) is 103 cm³/mol. The van der Waals surface area contributed by atoms with E-state index in [0.717, 1.165) is 31.5 Å². The molecule has 0 bridgehead atoms. The minimum atomic E-state index is -0.575. The Bertz CT molecular complexity index is 799. The van der Waals surface area contributed by atoms with Gasteiger partial charge in [0.05, 0.1) is 19.3 Å². The Hall–Kier alpha value is -2.31. The molecule has 2 N–H and O–H groups in total. The fourth-order valence-corrected chi connectivity index (χ4v) is 4.56. The van der Waals surface area contributed by atoms with Crippen molar-refractivity contribution in [2.75, 3.05) is 26.7 Å². The average molecular weight is 387 g/mol. The van der Waals surface area contributed by atoms with Gasteiger partial charge in [-0.15, -0.1) is 0 Å². The first-order chi connectivity index (χ1) is 13.5. The third-order valence-corrected chi connectivity index (χ3v) is 5.93. The normalized spacial score (nSPS) is 25.5. The van der Waals surface area contributed by atoms with E-state index in [2.05, 4.69) is 4.90 Å². The van der Waals surface area contributed by atoms with Gasteiger partial charge in [-0.1, -0.05) is 18.2 Å². The van der Waals surface area contributed by atoms with E-state index in [1.54, 1.807) is 36.4 Å². The number of aliphatic hydroxyl groups is 1. The van der Waals surface area contributed by atoms with Crippen LogP contribution in [0, 0.1) is 17.7 Å². The van der Waals surface area contributed by atoms with Crippen molar-refractivity contribution >= 4 is 0 Å². The maximum atomic E-state index is 14.1. The van der Waals surface area contributed by atoms with E-state index in [-0.39, 0.29) is 17.6 Å². The number of ether oxygens (including phenoxy) is 2. The second kappa shape index (κ2) is 7.97. The molecule has 2 aliphatic rings. The lowest BCUT2D eigenvalue weighted by atomic mass is 10.0. The van der Waals surface area contributed by atoms with Crippen LogP contribution >= 0.6 is 0 Å². The molecule has 0 unspecified atom stereocenters. The number of likely N-dealkylation sites (tertiary alicyclic amines) is 1. The van der Waals surface area contributed by atoms with E-state index >= 15 is 0 Å². The summed E-state index contributed by atoms with van der Waals surface area (Å²) in [5, 5.41) is 19.8. The van der Waals surface area contributed by atoms with Crippen LogP contribution in [-0.4, -0.2) is 48.0 Å². The molecule has 2 aromatic rings. The third kappa shape index (κ3) is 3.93. The summed E-state index contributed by atoms with van der Waals surface area (Å²) < 4.78 is 25.3. The number of aromatic hydroxyl groups is 1. The first-order valence-electron chi connectivity index (χ1n) is 9.72. The Morgan fingerprint density at radius 3 is 2.43 bits per heavy atom. The minimum absolute atomic E-state index is 0.00929. The standard InChI is InChI=1S/C22H26FNO4/c1-27-21-4-2-3-19(23)22(21)28-18-9-15-11-24(12-16(15)10-18)13-20(26)14-5-7-17(25)8-6-14/h2-8,15-16,18,20,25-26H,9-13H2,1H3/t15-,16+,18+,20-/m1/s1. The summed E-state index contributed by atoms with van der Waals surface area (Å²) in [5.74, 6) is 1.43. The van der Waals surface area contributed by atoms with Crippen LogP contribution in [0.15, 0.2) is 42.5 Å². The van der Waals surface area contributed by atoms with E-state index < -0.39 is 11.9 Å². The van der Waals surface area contributed by atoms with Crippen LogP contribution < -0.4 is 9.47 Å². The van der Waals surface area contributed by atoms with Gasteiger partial charge >= 0.3 is 0 Å². The largest absolute Gasteiger partial charge is 0.508 e. The molecule has 150 valence electrons. The number of para-hydroxylation sites is 1.